The van der Waals surface area contributed by atoms with Gasteiger partial charge in [-0.05, 0) is 35.7 Å². The quantitative estimate of drug-likeness (QED) is 0.857. The van der Waals surface area contributed by atoms with Crippen LogP contribution in [0.15, 0.2) is 53.0 Å². The van der Waals surface area contributed by atoms with Gasteiger partial charge in [0.1, 0.15) is 0 Å². The van der Waals surface area contributed by atoms with Gasteiger partial charge in [0.25, 0.3) is 0 Å². The average Bonchev–Trinajstić information content (AvgIpc) is 2.40. The summed E-state index contributed by atoms with van der Waals surface area (Å²) in [5.41, 5.74) is 7.11. The highest BCUT2D eigenvalue weighted by Crippen LogP contribution is 2.30. The van der Waals surface area contributed by atoms with Crippen molar-refractivity contribution in [2.45, 2.75) is 18.6 Å². The van der Waals surface area contributed by atoms with Crippen molar-refractivity contribution in [1.29, 1.82) is 0 Å². The Morgan fingerprint density at radius 2 is 1.60 bits per heavy atom. The zero-order valence-electron chi connectivity index (χ0n) is 10.5. The molecule has 0 aliphatic carbocycles. The molecule has 5 heteroatoms. The summed E-state index contributed by atoms with van der Waals surface area (Å²) < 4.78 is 38.4. The molecule has 0 bridgehead atoms. The van der Waals surface area contributed by atoms with Crippen molar-refractivity contribution in [3.63, 3.8) is 0 Å². The van der Waals surface area contributed by atoms with Crippen LogP contribution in [-0.2, 0) is 12.6 Å². The van der Waals surface area contributed by atoms with E-state index in [0.717, 1.165) is 22.2 Å². The first-order valence-corrected chi connectivity index (χ1v) is 6.83. The maximum Gasteiger partial charge on any atom is 0.416 e. The molecule has 0 amide bonds. The zero-order valence-corrected chi connectivity index (χ0v) is 12.1. The monoisotopic (exact) mass is 343 g/mol. The molecule has 106 valence electrons. The Kier molecular flexibility index (Phi) is 4.50. The van der Waals surface area contributed by atoms with E-state index in [0.29, 0.717) is 12.0 Å². The molecule has 0 saturated carbocycles. The van der Waals surface area contributed by atoms with Crippen LogP contribution in [0.5, 0.6) is 0 Å². The average molecular weight is 344 g/mol. The molecule has 2 N–H and O–H groups in total. The highest BCUT2D eigenvalue weighted by Gasteiger charge is 2.30. The minimum absolute atomic E-state index is 0.337. The van der Waals surface area contributed by atoms with Gasteiger partial charge in [-0.1, -0.05) is 46.3 Å². The second kappa shape index (κ2) is 5.97. The highest BCUT2D eigenvalue weighted by atomic mass is 79.9. The second-order valence-corrected chi connectivity index (χ2v) is 5.38. The van der Waals surface area contributed by atoms with Crippen LogP contribution in [0, 0.1) is 0 Å². The molecule has 0 heterocycles. The molecule has 2 rings (SSSR count). The fourth-order valence-electron chi connectivity index (χ4n) is 1.94. The van der Waals surface area contributed by atoms with Crippen LogP contribution in [0.25, 0.3) is 0 Å². The minimum atomic E-state index is -4.31. The van der Waals surface area contributed by atoms with Gasteiger partial charge in [-0.3, -0.25) is 0 Å². The van der Waals surface area contributed by atoms with Crippen LogP contribution >= 0.6 is 15.9 Å². The van der Waals surface area contributed by atoms with Crippen LogP contribution in [0.4, 0.5) is 13.2 Å². The summed E-state index contributed by atoms with van der Waals surface area (Å²) in [6.07, 6.45) is -3.75. The van der Waals surface area contributed by atoms with Gasteiger partial charge in [-0.2, -0.15) is 13.2 Å². The van der Waals surface area contributed by atoms with Crippen LogP contribution in [0.1, 0.15) is 22.7 Å². The Bertz CT molecular complexity index is 578. The lowest BCUT2D eigenvalue weighted by atomic mass is 9.99. The van der Waals surface area contributed by atoms with E-state index < -0.39 is 11.7 Å². The van der Waals surface area contributed by atoms with E-state index in [1.807, 2.05) is 24.3 Å². The Hall–Kier alpha value is -1.33. The van der Waals surface area contributed by atoms with E-state index in [2.05, 4.69) is 15.9 Å². The van der Waals surface area contributed by atoms with Gasteiger partial charge in [0, 0.05) is 10.5 Å². The van der Waals surface area contributed by atoms with Crippen molar-refractivity contribution >= 4 is 15.9 Å². The third kappa shape index (κ3) is 3.61. The molecule has 0 aromatic heterocycles. The lowest BCUT2D eigenvalue weighted by Crippen LogP contribution is -2.14. The molecule has 0 saturated heterocycles. The first-order chi connectivity index (χ1) is 9.38. The van der Waals surface area contributed by atoms with Gasteiger partial charge in [0.15, 0.2) is 0 Å². The van der Waals surface area contributed by atoms with Gasteiger partial charge in [-0.15, -0.1) is 0 Å². The fourth-order valence-corrected chi connectivity index (χ4v) is 2.38. The standard InChI is InChI=1S/C15H13BrF3N/c16-13-4-2-1-3-11(13)9-14(20)10-5-7-12(8-6-10)15(17,18)19/h1-8,14H,9,20H2. The highest BCUT2D eigenvalue weighted by molar-refractivity contribution is 9.10. The van der Waals surface area contributed by atoms with Gasteiger partial charge >= 0.3 is 6.18 Å². The lowest BCUT2D eigenvalue weighted by Gasteiger charge is -2.14. The van der Waals surface area contributed by atoms with Gasteiger partial charge in [0.2, 0.25) is 0 Å². The topological polar surface area (TPSA) is 26.0 Å². The first kappa shape index (κ1) is 15.1. The van der Waals surface area contributed by atoms with E-state index in [1.54, 1.807) is 0 Å². The number of nitrogens with two attached hydrogens (primary N) is 1. The normalized spacial score (nSPS) is 13.2. The molecule has 20 heavy (non-hydrogen) atoms. The molecule has 2 aromatic carbocycles. The molecule has 0 spiro atoms. The number of benzene rings is 2. The van der Waals surface area contributed by atoms with Crippen molar-refractivity contribution in [3.8, 4) is 0 Å². The van der Waals surface area contributed by atoms with Crippen molar-refractivity contribution < 1.29 is 13.2 Å². The van der Waals surface area contributed by atoms with E-state index >= 15 is 0 Å². The number of hydrogen-bond acceptors (Lipinski definition) is 1. The minimum Gasteiger partial charge on any atom is -0.324 e. The SMILES string of the molecule is NC(Cc1ccccc1Br)c1ccc(C(F)(F)F)cc1. The largest absolute Gasteiger partial charge is 0.416 e. The molecule has 2 aromatic rings. The third-order valence-corrected chi connectivity index (χ3v) is 3.84. The van der Waals surface area contributed by atoms with E-state index in [9.17, 15) is 13.2 Å². The van der Waals surface area contributed by atoms with Crippen molar-refractivity contribution in [2.24, 2.45) is 5.73 Å². The molecule has 0 aliphatic heterocycles. The summed E-state index contributed by atoms with van der Waals surface area (Å²) in [7, 11) is 0. The van der Waals surface area contributed by atoms with E-state index in [-0.39, 0.29) is 6.04 Å². The lowest BCUT2D eigenvalue weighted by molar-refractivity contribution is -0.137. The van der Waals surface area contributed by atoms with Crippen LogP contribution in [-0.4, -0.2) is 0 Å². The Morgan fingerprint density at radius 3 is 2.15 bits per heavy atom. The van der Waals surface area contributed by atoms with Gasteiger partial charge in [0.05, 0.1) is 5.56 Å². The van der Waals surface area contributed by atoms with Crippen LogP contribution in [0.2, 0.25) is 0 Å². The molecule has 1 nitrogen and oxygen atoms in total. The van der Waals surface area contributed by atoms with Crippen molar-refractivity contribution in [2.75, 3.05) is 0 Å². The molecule has 1 atom stereocenters. The number of hydrogen-bond donors (Lipinski definition) is 1. The third-order valence-electron chi connectivity index (χ3n) is 3.06. The summed E-state index contributed by atoms with van der Waals surface area (Å²) in [4.78, 5) is 0. The molecule has 0 aliphatic rings. The summed E-state index contributed by atoms with van der Waals surface area (Å²) in [5, 5.41) is 0. The predicted molar refractivity (Wildman–Crippen MR) is 76.2 cm³/mol. The van der Waals surface area contributed by atoms with Crippen LogP contribution < -0.4 is 5.73 Å². The smallest absolute Gasteiger partial charge is 0.324 e. The predicted octanol–water partition coefficient (Wildman–Crippen LogP) is 4.71. The first-order valence-electron chi connectivity index (χ1n) is 6.04. The van der Waals surface area contributed by atoms with Gasteiger partial charge < -0.3 is 5.73 Å². The Balaban J connectivity index is 2.14. The maximum absolute atomic E-state index is 12.5. The van der Waals surface area contributed by atoms with E-state index in [4.69, 9.17) is 5.73 Å². The molecular weight excluding hydrogens is 331 g/mol. The van der Waals surface area contributed by atoms with Crippen molar-refractivity contribution in [1.82, 2.24) is 0 Å². The summed E-state index contributed by atoms with van der Waals surface area (Å²) in [6, 6.07) is 12.3. The molecule has 0 fully saturated rings. The summed E-state index contributed by atoms with van der Waals surface area (Å²) >= 11 is 3.43. The maximum atomic E-state index is 12.5. The number of halogens is 4. The molecule has 0 radical (unpaired) electrons. The summed E-state index contributed by atoms with van der Waals surface area (Å²) in [5.74, 6) is 0. The zero-order chi connectivity index (χ0) is 14.8. The molecular formula is C15H13BrF3N. The summed E-state index contributed by atoms with van der Waals surface area (Å²) in [6.45, 7) is 0. The number of rotatable bonds is 3. The fraction of sp³-hybridized carbons (Fsp3) is 0.200. The van der Waals surface area contributed by atoms with Crippen molar-refractivity contribution in [3.05, 3.63) is 69.7 Å². The molecule has 1 unspecified atom stereocenters. The Labute approximate surface area is 123 Å². The van der Waals surface area contributed by atoms with E-state index in [1.165, 1.54) is 12.1 Å². The Morgan fingerprint density at radius 1 is 1.00 bits per heavy atom. The van der Waals surface area contributed by atoms with Crippen LogP contribution in [0.3, 0.4) is 0 Å². The van der Waals surface area contributed by atoms with Gasteiger partial charge in [-0.25, -0.2) is 0 Å². The number of alkyl halides is 3. The second-order valence-electron chi connectivity index (χ2n) is 4.52.